The third-order valence-electron chi connectivity index (χ3n) is 2.37. The molecule has 0 atom stereocenters. The zero-order valence-electron chi connectivity index (χ0n) is 9.35. The Hall–Kier alpha value is -0.840. The largest absolute Gasteiger partial charge is 0.392 e. The summed E-state index contributed by atoms with van der Waals surface area (Å²) in [5, 5.41) is 9.93. The highest BCUT2D eigenvalue weighted by atomic mass is 79.9. The average molecular weight is 310 g/mol. The van der Waals surface area contributed by atoms with Gasteiger partial charge in [0.05, 0.1) is 11.1 Å². The first-order chi connectivity index (χ1) is 8.20. The molecule has 1 aromatic heterocycles. The maximum Gasteiger partial charge on any atom is 0.115 e. The molecule has 0 saturated carbocycles. The minimum atomic E-state index is 0.0807. The molecule has 0 bridgehead atoms. The molecule has 17 heavy (non-hydrogen) atoms. The molecule has 0 unspecified atom stereocenters. The van der Waals surface area contributed by atoms with E-state index in [2.05, 4.69) is 20.9 Å². The van der Waals surface area contributed by atoms with Gasteiger partial charge in [-0.1, -0.05) is 23.9 Å². The van der Waals surface area contributed by atoms with Crippen LogP contribution in [0.3, 0.4) is 0 Å². The van der Waals surface area contributed by atoms with Gasteiger partial charge in [-0.05, 0) is 52.2 Å². The summed E-state index contributed by atoms with van der Waals surface area (Å²) in [6.07, 6.45) is 1.81. The molecule has 0 fully saturated rings. The Kier molecular flexibility index (Phi) is 4.20. The van der Waals surface area contributed by atoms with Gasteiger partial charge in [0, 0.05) is 11.1 Å². The molecule has 1 N–H and O–H groups in total. The van der Waals surface area contributed by atoms with Gasteiger partial charge in [-0.25, -0.2) is 4.98 Å². The molecular weight excluding hydrogens is 298 g/mol. The lowest BCUT2D eigenvalue weighted by atomic mass is 10.2. The van der Waals surface area contributed by atoms with Crippen LogP contribution >= 0.6 is 27.7 Å². The number of pyridine rings is 1. The summed E-state index contributed by atoms with van der Waals surface area (Å²) in [6, 6.07) is 9.81. The van der Waals surface area contributed by atoms with Crippen LogP contribution in [-0.4, -0.2) is 10.1 Å². The van der Waals surface area contributed by atoms with Crippen molar-refractivity contribution >= 4 is 27.7 Å². The monoisotopic (exact) mass is 309 g/mol. The van der Waals surface area contributed by atoms with E-state index in [1.165, 1.54) is 5.56 Å². The van der Waals surface area contributed by atoms with E-state index >= 15 is 0 Å². The molecule has 0 aliphatic carbocycles. The van der Waals surface area contributed by atoms with E-state index in [4.69, 9.17) is 5.11 Å². The second-order valence-electron chi connectivity index (χ2n) is 3.65. The lowest BCUT2D eigenvalue weighted by Crippen LogP contribution is -1.86. The number of hydrogen-bond acceptors (Lipinski definition) is 3. The second-order valence-corrected chi connectivity index (χ2v) is 5.51. The molecule has 1 aromatic carbocycles. The number of aromatic nitrogens is 1. The van der Waals surface area contributed by atoms with Crippen molar-refractivity contribution in [1.82, 2.24) is 4.98 Å². The summed E-state index contributed by atoms with van der Waals surface area (Å²) in [5.74, 6) is 0. The summed E-state index contributed by atoms with van der Waals surface area (Å²) in [5.41, 5.74) is 2.10. The third-order valence-corrected chi connectivity index (χ3v) is 4.64. The number of aliphatic hydroxyl groups excluding tert-OH is 1. The van der Waals surface area contributed by atoms with Crippen molar-refractivity contribution in [3.05, 3.63) is 52.1 Å². The molecule has 1 heterocycles. The third kappa shape index (κ3) is 3.09. The molecule has 0 aliphatic heterocycles. The second kappa shape index (κ2) is 5.67. The Bertz CT molecular complexity index is 513. The number of aryl methyl sites for hydroxylation is 1. The van der Waals surface area contributed by atoms with Gasteiger partial charge in [-0.3, -0.25) is 0 Å². The van der Waals surface area contributed by atoms with Crippen LogP contribution in [0, 0.1) is 6.92 Å². The number of hydrogen-bond donors (Lipinski definition) is 1. The molecule has 0 saturated heterocycles. The molecule has 0 aliphatic rings. The van der Waals surface area contributed by atoms with Crippen molar-refractivity contribution < 1.29 is 5.11 Å². The van der Waals surface area contributed by atoms with Gasteiger partial charge in [0.25, 0.3) is 0 Å². The zero-order chi connectivity index (χ0) is 12.3. The van der Waals surface area contributed by atoms with E-state index in [1.807, 2.05) is 43.5 Å². The molecule has 2 rings (SSSR count). The highest BCUT2D eigenvalue weighted by molar-refractivity contribution is 9.10. The van der Waals surface area contributed by atoms with Gasteiger partial charge in [0.2, 0.25) is 0 Å². The van der Waals surface area contributed by atoms with Crippen molar-refractivity contribution in [2.45, 2.75) is 23.5 Å². The predicted molar refractivity (Wildman–Crippen MR) is 73.2 cm³/mol. The van der Waals surface area contributed by atoms with Crippen molar-refractivity contribution in [3.63, 3.8) is 0 Å². The molecule has 0 amide bonds. The number of aliphatic hydroxyl groups is 1. The normalized spacial score (nSPS) is 10.5. The van der Waals surface area contributed by atoms with E-state index in [9.17, 15) is 0 Å². The van der Waals surface area contributed by atoms with Gasteiger partial charge < -0.3 is 5.11 Å². The SMILES string of the molecule is Cc1ccnc(Sc2ccc(CO)cc2)c1Br. The van der Waals surface area contributed by atoms with Crippen molar-refractivity contribution in [2.75, 3.05) is 0 Å². The lowest BCUT2D eigenvalue weighted by molar-refractivity contribution is 0.282. The fraction of sp³-hybridized carbons (Fsp3) is 0.154. The molecule has 0 radical (unpaired) electrons. The molecule has 88 valence electrons. The molecule has 2 aromatic rings. The molecule has 0 spiro atoms. The fourth-order valence-electron chi connectivity index (χ4n) is 1.36. The van der Waals surface area contributed by atoms with Crippen LogP contribution in [0.15, 0.2) is 50.9 Å². The van der Waals surface area contributed by atoms with Crippen LogP contribution in [0.25, 0.3) is 0 Å². The zero-order valence-corrected chi connectivity index (χ0v) is 11.8. The summed E-state index contributed by atoms with van der Waals surface area (Å²) in [4.78, 5) is 5.46. The predicted octanol–water partition coefficient (Wildman–Crippen LogP) is 3.80. The van der Waals surface area contributed by atoms with Crippen molar-refractivity contribution in [3.8, 4) is 0 Å². The van der Waals surface area contributed by atoms with Crippen LogP contribution < -0.4 is 0 Å². The summed E-state index contributed by atoms with van der Waals surface area (Å²) >= 11 is 5.15. The van der Waals surface area contributed by atoms with E-state index in [1.54, 1.807) is 11.8 Å². The highest BCUT2D eigenvalue weighted by Gasteiger charge is 2.05. The molecule has 2 nitrogen and oxygen atoms in total. The van der Waals surface area contributed by atoms with Crippen molar-refractivity contribution in [2.24, 2.45) is 0 Å². The summed E-state index contributed by atoms with van der Waals surface area (Å²) in [6.45, 7) is 2.13. The maximum absolute atomic E-state index is 8.97. The van der Waals surface area contributed by atoms with Crippen LogP contribution in [0.5, 0.6) is 0 Å². The van der Waals surface area contributed by atoms with Gasteiger partial charge in [-0.2, -0.15) is 0 Å². The minimum Gasteiger partial charge on any atom is -0.392 e. The smallest absolute Gasteiger partial charge is 0.115 e. The number of benzene rings is 1. The van der Waals surface area contributed by atoms with E-state index < -0.39 is 0 Å². The average Bonchev–Trinajstić information content (AvgIpc) is 2.36. The quantitative estimate of drug-likeness (QED) is 0.936. The van der Waals surface area contributed by atoms with Crippen LogP contribution in [0.1, 0.15) is 11.1 Å². The van der Waals surface area contributed by atoms with Crippen LogP contribution in [0.4, 0.5) is 0 Å². The van der Waals surface area contributed by atoms with Crippen molar-refractivity contribution in [1.29, 1.82) is 0 Å². The summed E-state index contributed by atoms with van der Waals surface area (Å²) < 4.78 is 1.04. The van der Waals surface area contributed by atoms with Crippen LogP contribution in [0.2, 0.25) is 0 Å². The Labute approximate surface area is 113 Å². The number of halogens is 1. The first-order valence-corrected chi connectivity index (χ1v) is 6.80. The Morgan fingerprint density at radius 2 is 1.94 bits per heavy atom. The number of nitrogens with zero attached hydrogens (tertiary/aromatic N) is 1. The Morgan fingerprint density at radius 1 is 1.24 bits per heavy atom. The highest BCUT2D eigenvalue weighted by Crippen LogP contribution is 2.33. The van der Waals surface area contributed by atoms with E-state index in [0.29, 0.717) is 0 Å². The first-order valence-electron chi connectivity index (χ1n) is 5.19. The van der Waals surface area contributed by atoms with Gasteiger partial charge in [-0.15, -0.1) is 0 Å². The van der Waals surface area contributed by atoms with Crippen LogP contribution in [-0.2, 0) is 6.61 Å². The Balaban J connectivity index is 2.22. The molecule has 4 heteroatoms. The lowest BCUT2D eigenvalue weighted by Gasteiger charge is -2.05. The first kappa shape index (κ1) is 12.6. The number of rotatable bonds is 3. The minimum absolute atomic E-state index is 0.0807. The Morgan fingerprint density at radius 3 is 2.59 bits per heavy atom. The van der Waals surface area contributed by atoms with E-state index in [0.717, 1.165) is 20.0 Å². The molecular formula is C13H12BrNOS. The van der Waals surface area contributed by atoms with E-state index in [-0.39, 0.29) is 6.61 Å². The standard InChI is InChI=1S/C13H12BrNOS/c1-9-6-7-15-13(12(9)14)17-11-4-2-10(8-16)3-5-11/h2-7,16H,8H2,1H3. The maximum atomic E-state index is 8.97. The van der Waals surface area contributed by atoms with Gasteiger partial charge in [0.15, 0.2) is 0 Å². The topological polar surface area (TPSA) is 33.1 Å². The van der Waals surface area contributed by atoms with Gasteiger partial charge >= 0.3 is 0 Å². The summed E-state index contributed by atoms with van der Waals surface area (Å²) in [7, 11) is 0. The fourth-order valence-corrected chi connectivity index (χ4v) is 2.70. The van der Waals surface area contributed by atoms with Gasteiger partial charge in [0.1, 0.15) is 5.03 Å².